The summed E-state index contributed by atoms with van der Waals surface area (Å²) in [6, 6.07) is 7.62. The topological polar surface area (TPSA) is 29.9 Å². The summed E-state index contributed by atoms with van der Waals surface area (Å²) >= 11 is 0. The molecule has 0 aliphatic rings. The summed E-state index contributed by atoms with van der Waals surface area (Å²) < 4.78 is 37.8. The van der Waals surface area contributed by atoms with Crippen LogP contribution in [0.1, 0.15) is 17.8 Å². The van der Waals surface area contributed by atoms with Crippen LogP contribution in [0.2, 0.25) is 0 Å². The third kappa shape index (κ3) is 4.57. The molecule has 0 radical (unpaired) electrons. The molecule has 0 amide bonds. The summed E-state index contributed by atoms with van der Waals surface area (Å²) in [5, 5.41) is 6.75. The molecule has 0 spiro atoms. The first kappa shape index (κ1) is 15.5. The Morgan fingerprint density at radius 2 is 1.79 bits per heavy atom. The van der Waals surface area contributed by atoms with E-state index < -0.39 is 6.55 Å². The van der Waals surface area contributed by atoms with Gasteiger partial charge in [-0.25, -0.2) is 9.07 Å². The van der Waals surface area contributed by atoms with Gasteiger partial charge in [-0.1, -0.05) is 12.1 Å². The predicted octanol–water partition coefficient (Wildman–Crippen LogP) is 3.13. The summed E-state index contributed by atoms with van der Waals surface area (Å²) in [5.74, 6) is -0.283. The lowest BCUT2D eigenvalue weighted by molar-refractivity contribution is 0.0561. The number of nitrogens with zero attached hydrogens (tertiary/aromatic N) is 2. The molecule has 0 saturated heterocycles. The minimum Gasteiger partial charge on any atom is -0.307 e. The number of benzene rings is 1. The normalized spacial score (nSPS) is 10.5. The van der Waals surface area contributed by atoms with Gasteiger partial charge in [0.25, 0.3) is 0 Å². The van der Waals surface area contributed by atoms with E-state index in [4.69, 9.17) is 0 Å². The highest BCUT2D eigenvalue weighted by atomic mass is 35.5. The van der Waals surface area contributed by atoms with E-state index in [0.717, 1.165) is 5.56 Å². The van der Waals surface area contributed by atoms with Crippen LogP contribution in [0.15, 0.2) is 36.5 Å². The molecule has 2 rings (SSSR count). The van der Waals surface area contributed by atoms with Gasteiger partial charge >= 0.3 is 6.55 Å². The molecule has 19 heavy (non-hydrogen) atoms. The van der Waals surface area contributed by atoms with Crippen molar-refractivity contribution >= 4 is 12.4 Å². The van der Waals surface area contributed by atoms with E-state index >= 15 is 0 Å². The van der Waals surface area contributed by atoms with Crippen LogP contribution in [0, 0.1) is 5.82 Å². The number of nitrogens with one attached hydrogen (secondary N) is 1. The van der Waals surface area contributed by atoms with Crippen molar-refractivity contribution in [3.63, 3.8) is 0 Å². The number of hydrogen-bond acceptors (Lipinski definition) is 2. The molecule has 0 aliphatic carbocycles. The Balaban J connectivity index is 0.00000180. The quantitative estimate of drug-likeness (QED) is 0.917. The van der Waals surface area contributed by atoms with E-state index in [-0.39, 0.29) is 18.2 Å². The molecule has 0 bridgehead atoms. The number of hydrogen-bond donors (Lipinski definition) is 1. The Kier molecular flexibility index (Phi) is 5.85. The smallest absolute Gasteiger partial charge is 0.307 e. The van der Waals surface area contributed by atoms with Crippen LogP contribution < -0.4 is 5.32 Å². The average molecular weight is 292 g/mol. The van der Waals surface area contributed by atoms with Crippen LogP contribution >= 0.6 is 12.4 Å². The first-order valence-electron chi connectivity index (χ1n) is 5.42. The van der Waals surface area contributed by atoms with Gasteiger partial charge in [-0.3, -0.25) is 0 Å². The zero-order valence-electron chi connectivity index (χ0n) is 9.89. The summed E-state index contributed by atoms with van der Waals surface area (Å²) in [6.07, 6.45) is 1.24. The molecular weight excluding hydrogens is 279 g/mol. The third-order valence-electron chi connectivity index (χ3n) is 2.41. The minimum atomic E-state index is -2.61. The van der Waals surface area contributed by atoms with Crippen LogP contribution in [0.25, 0.3) is 0 Å². The molecule has 0 saturated carbocycles. The van der Waals surface area contributed by atoms with Crippen molar-refractivity contribution in [3.05, 3.63) is 53.6 Å². The lowest BCUT2D eigenvalue weighted by atomic mass is 10.2. The van der Waals surface area contributed by atoms with E-state index in [1.165, 1.54) is 24.4 Å². The highest BCUT2D eigenvalue weighted by Crippen LogP contribution is 2.08. The van der Waals surface area contributed by atoms with Gasteiger partial charge < -0.3 is 5.32 Å². The highest BCUT2D eigenvalue weighted by Gasteiger charge is 2.06. The summed E-state index contributed by atoms with van der Waals surface area (Å²) in [6.45, 7) is -1.70. The van der Waals surface area contributed by atoms with Crippen LogP contribution in [-0.2, 0) is 13.1 Å². The molecule has 3 nitrogen and oxygen atoms in total. The van der Waals surface area contributed by atoms with Gasteiger partial charge in [-0.05, 0) is 23.8 Å². The second kappa shape index (κ2) is 7.16. The molecule has 1 aromatic heterocycles. The van der Waals surface area contributed by atoms with Crippen molar-refractivity contribution < 1.29 is 13.2 Å². The van der Waals surface area contributed by atoms with Gasteiger partial charge in [0.2, 0.25) is 0 Å². The van der Waals surface area contributed by atoms with E-state index in [2.05, 4.69) is 10.4 Å². The Morgan fingerprint density at radius 3 is 2.37 bits per heavy atom. The lowest BCUT2D eigenvalue weighted by Crippen LogP contribution is -2.13. The Bertz CT molecular complexity index is 499. The van der Waals surface area contributed by atoms with Crippen molar-refractivity contribution in [3.8, 4) is 0 Å². The third-order valence-corrected chi connectivity index (χ3v) is 2.41. The van der Waals surface area contributed by atoms with Gasteiger partial charge in [-0.15, -0.1) is 12.4 Å². The van der Waals surface area contributed by atoms with Gasteiger partial charge in [-0.2, -0.15) is 13.9 Å². The van der Waals surface area contributed by atoms with E-state index in [9.17, 15) is 13.2 Å². The van der Waals surface area contributed by atoms with Gasteiger partial charge in [0.15, 0.2) is 0 Å². The second-order valence-corrected chi connectivity index (χ2v) is 3.79. The number of aromatic nitrogens is 2. The monoisotopic (exact) mass is 291 g/mol. The van der Waals surface area contributed by atoms with Gasteiger partial charge in [0, 0.05) is 19.3 Å². The second-order valence-electron chi connectivity index (χ2n) is 3.79. The van der Waals surface area contributed by atoms with Crippen LogP contribution in [0.5, 0.6) is 0 Å². The van der Waals surface area contributed by atoms with Crippen molar-refractivity contribution in [1.82, 2.24) is 15.1 Å². The zero-order valence-corrected chi connectivity index (χ0v) is 10.7. The Morgan fingerprint density at radius 1 is 1.11 bits per heavy atom. The fourth-order valence-corrected chi connectivity index (χ4v) is 1.52. The molecule has 1 aromatic carbocycles. The van der Waals surface area contributed by atoms with Crippen LogP contribution in [-0.4, -0.2) is 9.78 Å². The maximum absolute atomic E-state index is 12.6. The Labute approximate surface area is 114 Å². The maximum atomic E-state index is 12.6. The highest BCUT2D eigenvalue weighted by molar-refractivity contribution is 5.85. The molecule has 2 aromatic rings. The Hall–Kier alpha value is -1.53. The van der Waals surface area contributed by atoms with Crippen molar-refractivity contribution in [2.24, 2.45) is 0 Å². The fourth-order valence-electron chi connectivity index (χ4n) is 1.52. The van der Waals surface area contributed by atoms with Gasteiger partial charge in [0.05, 0.1) is 5.69 Å². The van der Waals surface area contributed by atoms with Crippen molar-refractivity contribution in [2.75, 3.05) is 0 Å². The lowest BCUT2D eigenvalue weighted by Gasteiger charge is -2.03. The fraction of sp³-hybridized carbons (Fsp3) is 0.250. The summed E-state index contributed by atoms with van der Waals surface area (Å²) in [7, 11) is 0. The molecule has 0 fully saturated rings. The van der Waals surface area contributed by atoms with E-state index in [1.807, 2.05) is 0 Å². The van der Waals surface area contributed by atoms with Gasteiger partial charge in [0.1, 0.15) is 5.82 Å². The minimum absolute atomic E-state index is 0. The summed E-state index contributed by atoms with van der Waals surface area (Å²) in [5.41, 5.74) is 1.46. The first-order chi connectivity index (χ1) is 8.65. The van der Waals surface area contributed by atoms with Crippen LogP contribution in [0.4, 0.5) is 13.2 Å². The standard InChI is InChI=1S/C12H12F3N3.ClH/c13-10-3-1-9(2-4-10)7-16-8-11-5-6-18(17-11)12(14)15;/h1-6,12,16H,7-8H2;1H. The molecular formula is C12H13ClF3N3. The molecule has 0 aliphatic heterocycles. The van der Waals surface area contributed by atoms with Crippen molar-refractivity contribution in [2.45, 2.75) is 19.6 Å². The predicted molar refractivity (Wildman–Crippen MR) is 67.7 cm³/mol. The summed E-state index contributed by atoms with van der Waals surface area (Å²) in [4.78, 5) is 0. The molecule has 0 atom stereocenters. The largest absolute Gasteiger partial charge is 0.333 e. The molecule has 0 unspecified atom stereocenters. The zero-order chi connectivity index (χ0) is 13.0. The number of alkyl halides is 2. The molecule has 1 heterocycles. The molecule has 1 N–H and O–H groups in total. The van der Waals surface area contributed by atoms with Crippen molar-refractivity contribution in [1.29, 1.82) is 0 Å². The van der Waals surface area contributed by atoms with E-state index in [1.54, 1.807) is 12.1 Å². The van der Waals surface area contributed by atoms with Crippen LogP contribution in [0.3, 0.4) is 0 Å². The first-order valence-corrected chi connectivity index (χ1v) is 5.42. The molecule has 104 valence electrons. The molecule has 7 heteroatoms. The number of halogens is 4. The number of rotatable bonds is 5. The maximum Gasteiger partial charge on any atom is 0.333 e. The average Bonchev–Trinajstić information content (AvgIpc) is 2.81. The SMILES string of the molecule is Cl.Fc1ccc(CNCc2ccn(C(F)F)n2)cc1. The van der Waals surface area contributed by atoms with E-state index in [0.29, 0.717) is 23.5 Å².